The molecule has 0 atom stereocenters. The Balaban J connectivity index is 2.48. The highest BCUT2D eigenvalue weighted by Crippen LogP contribution is 2.09. The Hall–Kier alpha value is -0.780. The zero-order valence-electron chi connectivity index (χ0n) is 8.01. The van der Waals surface area contributed by atoms with Gasteiger partial charge in [0.05, 0.1) is 0 Å². The quantitative estimate of drug-likeness (QED) is 0.637. The van der Waals surface area contributed by atoms with Crippen LogP contribution in [0.4, 0.5) is 0 Å². The van der Waals surface area contributed by atoms with Crippen LogP contribution < -0.4 is 0 Å². The van der Waals surface area contributed by atoms with Gasteiger partial charge in [0.15, 0.2) is 0 Å². The summed E-state index contributed by atoms with van der Waals surface area (Å²) in [6.45, 7) is 8.38. The van der Waals surface area contributed by atoms with Crippen LogP contribution in [-0.4, -0.2) is 0 Å². The topological polar surface area (TPSA) is 0 Å². The van der Waals surface area contributed by atoms with Crippen molar-refractivity contribution in [2.75, 3.05) is 0 Å². The van der Waals surface area contributed by atoms with Crippen molar-refractivity contribution in [2.45, 2.75) is 26.7 Å². The maximum atomic E-state index is 3.86. The molecular weight excluding hydrogens is 144 g/mol. The first-order valence-corrected chi connectivity index (χ1v) is 4.59. The molecule has 0 amide bonds. The molecule has 0 nitrogen and oxygen atoms in total. The van der Waals surface area contributed by atoms with Gasteiger partial charge in [0.2, 0.25) is 0 Å². The third kappa shape index (κ3) is 3.08. The van der Waals surface area contributed by atoms with Crippen LogP contribution >= 0.6 is 0 Å². The van der Waals surface area contributed by atoms with E-state index in [9.17, 15) is 0 Å². The highest BCUT2D eigenvalue weighted by atomic mass is 14.0. The maximum absolute atomic E-state index is 3.86. The highest BCUT2D eigenvalue weighted by molar-refractivity contribution is 5.24. The molecular formula is C12H17. The lowest BCUT2D eigenvalue weighted by Crippen LogP contribution is -1.91. The highest BCUT2D eigenvalue weighted by Gasteiger charge is 1.95. The Morgan fingerprint density at radius 2 is 1.75 bits per heavy atom. The lowest BCUT2D eigenvalue weighted by atomic mass is 10.0. The number of hydrogen-bond acceptors (Lipinski definition) is 0. The molecule has 0 unspecified atom stereocenters. The van der Waals surface area contributed by atoms with Crippen LogP contribution in [0.1, 0.15) is 31.4 Å². The molecule has 0 heterocycles. The summed E-state index contributed by atoms with van der Waals surface area (Å²) in [6, 6.07) is 8.50. The molecule has 1 aromatic carbocycles. The second kappa shape index (κ2) is 4.30. The molecule has 0 saturated heterocycles. The van der Waals surface area contributed by atoms with Gasteiger partial charge in [0, 0.05) is 0 Å². The van der Waals surface area contributed by atoms with Crippen molar-refractivity contribution in [1.29, 1.82) is 0 Å². The minimum Gasteiger partial charge on any atom is -0.0628 e. The van der Waals surface area contributed by atoms with Gasteiger partial charge < -0.3 is 0 Å². The smallest absolute Gasteiger partial charge is 0.0238 e. The number of aryl methyl sites for hydroxylation is 1. The van der Waals surface area contributed by atoms with Crippen LogP contribution in [0, 0.1) is 12.8 Å². The minimum atomic E-state index is 0.796. The van der Waals surface area contributed by atoms with Crippen LogP contribution in [-0.2, 0) is 6.42 Å². The first-order valence-electron chi connectivity index (χ1n) is 4.59. The molecule has 0 heteroatoms. The zero-order valence-corrected chi connectivity index (χ0v) is 8.01. The first-order chi connectivity index (χ1) is 5.68. The van der Waals surface area contributed by atoms with Crippen molar-refractivity contribution >= 4 is 0 Å². The predicted molar refractivity (Wildman–Crippen MR) is 54.1 cm³/mol. The molecule has 0 aliphatic heterocycles. The molecule has 0 fully saturated rings. The summed E-state index contributed by atoms with van der Waals surface area (Å²) in [5.41, 5.74) is 2.53. The van der Waals surface area contributed by atoms with Crippen molar-refractivity contribution in [1.82, 2.24) is 0 Å². The van der Waals surface area contributed by atoms with E-state index < -0.39 is 0 Å². The second-order valence-corrected chi connectivity index (χ2v) is 3.75. The minimum absolute atomic E-state index is 0.796. The van der Waals surface area contributed by atoms with Crippen LogP contribution in [0.3, 0.4) is 0 Å². The fraction of sp³-hybridized carbons (Fsp3) is 0.417. The van der Waals surface area contributed by atoms with Crippen LogP contribution in [0.5, 0.6) is 0 Å². The molecule has 0 bridgehead atoms. The van der Waals surface area contributed by atoms with Crippen LogP contribution in [0.2, 0.25) is 0 Å². The summed E-state index contributed by atoms with van der Waals surface area (Å²) in [5.74, 6) is 0.796. The Kier molecular flexibility index (Phi) is 3.33. The van der Waals surface area contributed by atoms with E-state index in [-0.39, 0.29) is 0 Å². The Labute approximate surface area is 75.6 Å². The van der Waals surface area contributed by atoms with E-state index in [2.05, 4.69) is 45.0 Å². The van der Waals surface area contributed by atoms with Crippen LogP contribution in [0.25, 0.3) is 0 Å². The summed E-state index contributed by atoms with van der Waals surface area (Å²) in [5, 5.41) is 0. The molecule has 0 aliphatic rings. The zero-order chi connectivity index (χ0) is 8.97. The summed E-state index contributed by atoms with van der Waals surface area (Å²) < 4.78 is 0. The third-order valence-electron chi connectivity index (χ3n) is 2.03. The summed E-state index contributed by atoms with van der Waals surface area (Å²) in [6.07, 6.45) is 2.47. The maximum Gasteiger partial charge on any atom is -0.0238 e. The van der Waals surface area contributed by atoms with E-state index in [0.717, 1.165) is 11.5 Å². The molecule has 0 saturated carbocycles. The number of hydrogen-bond donors (Lipinski definition) is 0. The van der Waals surface area contributed by atoms with Gasteiger partial charge in [-0.3, -0.25) is 0 Å². The van der Waals surface area contributed by atoms with Crippen LogP contribution in [0.15, 0.2) is 24.3 Å². The molecule has 1 rings (SSSR count). The van der Waals surface area contributed by atoms with Gasteiger partial charge >= 0.3 is 0 Å². The van der Waals surface area contributed by atoms with Gasteiger partial charge in [-0.25, -0.2) is 0 Å². The van der Waals surface area contributed by atoms with E-state index in [1.54, 1.807) is 0 Å². The normalized spacial score (nSPS) is 10.7. The fourth-order valence-electron chi connectivity index (χ4n) is 1.16. The Morgan fingerprint density at radius 3 is 2.25 bits per heavy atom. The molecule has 0 aliphatic carbocycles. The monoisotopic (exact) mass is 161 g/mol. The second-order valence-electron chi connectivity index (χ2n) is 3.75. The van der Waals surface area contributed by atoms with Crippen molar-refractivity contribution in [2.24, 2.45) is 5.92 Å². The van der Waals surface area contributed by atoms with E-state index in [1.165, 1.54) is 18.4 Å². The van der Waals surface area contributed by atoms with Gasteiger partial charge in [0.1, 0.15) is 0 Å². The van der Waals surface area contributed by atoms with Gasteiger partial charge in [-0.05, 0) is 36.8 Å². The molecule has 0 spiro atoms. The number of benzene rings is 1. The summed E-state index contributed by atoms with van der Waals surface area (Å²) in [4.78, 5) is 0. The third-order valence-corrected chi connectivity index (χ3v) is 2.03. The lowest BCUT2D eigenvalue weighted by Gasteiger charge is -2.04. The molecule has 1 radical (unpaired) electrons. The van der Waals surface area contributed by atoms with Crippen molar-refractivity contribution < 1.29 is 0 Å². The molecule has 12 heavy (non-hydrogen) atoms. The van der Waals surface area contributed by atoms with Gasteiger partial charge in [0.25, 0.3) is 0 Å². The SMILES string of the molecule is [CH2]c1ccc(CCC(C)C)cc1. The van der Waals surface area contributed by atoms with E-state index >= 15 is 0 Å². The van der Waals surface area contributed by atoms with E-state index in [0.29, 0.717) is 0 Å². The average Bonchev–Trinajstić information content (AvgIpc) is 2.03. The van der Waals surface area contributed by atoms with Crippen molar-refractivity contribution in [3.8, 4) is 0 Å². The average molecular weight is 161 g/mol. The summed E-state index contributed by atoms with van der Waals surface area (Å²) in [7, 11) is 0. The van der Waals surface area contributed by atoms with E-state index in [4.69, 9.17) is 0 Å². The lowest BCUT2D eigenvalue weighted by molar-refractivity contribution is 0.587. The first kappa shape index (κ1) is 9.31. The van der Waals surface area contributed by atoms with Gasteiger partial charge in [-0.1, -0.05) is 38.1 Å². The summed E-state index contributed by atoms with van der Waals surface area (Å²) >= 11 is 0. The predicted octanol–water partition coefficient (Wildman–Crippen LogP) is 3.46. The largest absolute Gasteiger partial charge is 0.0628 e. The molecule has 65 valence electrons. The van der Waals surface area contributed by atoms with Crippen molar-refractivity contribution in [3.05, 3.63) is 42.3 Å². The Bertz CT molecular complexity index is 218. The van der Waals surface area contributed by atoms with Gasteiger partial charge in [-0.15, -0.1) is 0 Å². The molecule has 1 aromatic rings. The fourth-order valence-corrected chi connectivity index (χ4v) is 1.16. The Morgan fingerprint density at radius 1 is 1.17 bits per heavy atom. The number of rotatable bonds is 3. The van der Waals surface area contributed by atoms with Crippen molar-refractivity contribution in [3.63, 3.8) is 0 Å². The van der Waals surface area contributed by atoms with E-state index in [1.807, 2.05) is 0 Å². The molecule has 0 N–H and O–H groups in total. The standard InChI is InChI=1S/C12H17/c1-10(2)4-7-12-8-5-11(3)6-9-12/h5-6,8-10H,3-4,7H2,1-2H3. The van der Waals surface area contributed by atoms with Gasteiger partial charge in [-0.2, -0.15) is 0 Å². The molecule has 0 aromatic heterocycles.